The third-order valence-electron chi connectivity index (χ3n) is 2.77. The highest BCUT2D eigenvalue weighted by molar-refractivity contribution is 7.91. The number of halogens is 2. The Hall–Kier alpha value is -0.980. The molecular formula is C11H12Cl2N2O3S. The van der Waals surface area contributed by atoms with E-state index in [2.05, 4.69) is 10.6 Å². The van der Waals surface area contributed by atoms with E-state index < -0.39 is 15.9 Å². The lowest BCUT2D eigenvalue weighted by Crippen LogP contribution is -2.38. The maximum Gasteiger partial charge on any atom is 0.319 e. The predicted octanol–water partition coefficient (Wildman–Crippen LogP) is 2.30. The van der Waals surface area contributed by atoms with Crippen LogP contribution in [0, 0.1) is 0 Å². The van der Waals surface area contributed by atoms with Crippen LogP contribution in [0.2, 0.25) is 10.0 Å². The molecule has 1 unspecified atom stereocenters. The molecule has 5 nitrogen and oxygen atoms in total. The molecule has 1 saturated heterocycles. The summed E-state index contributed by atoms with van der Waals surface area (Å²) in [4.78, 5) is 11.7. The Labute approximate surface area is 121 Å². The molecule has 2 N–H and O–H groups in total. The Morgan fingerprint density at radius 1 is 1.26 bits per heavy atom. The molecule has 0 saturated carbocycles. The third kappa shape index (κ3) is 3.75. The van der Waals surface area contributed by atoms with Gasteiger partial charge >= 0.3 is 6.03 Å². The van der Waals surface area contributed by atoms with Crippen molar-refractivity contribution in [1.29, 1.82) is 0 Å². The van der Waals surface area contributed by atoms with Crippen LogP contribution < -0.4 is 10.6 Å². The molecule has 1 atom stereocenters. The van der Waals surface area contributed by atoms with Gasteiger partial charge in [-0.25, -0.2) is 13.2 Å². The molecule has 1 fully saturated rings. The number of benzene rings is 1. The van der Waals surface area contributed by atoms with Gasteiger partial charge in [-0.2, -0.15) is 0 Å². The minimum Gasteiger partial charge on any atom is -0.334 e. The van der Waals surface area contributed by atoms with Crippen molar-refractivity contribution in [2.45, 2.75) is 12.5 Å². The van der Waals surface area contributed by atoms with Crippen LogP contribution in [-0.4, -0.2) is 32.0 Å². The number of para-hydroxylation sites is 1. The average Bonchev–Trinajstić information content (AvgIpc) is 2.63. The van der Waals surface area contributed by atoms with Gasteiger partial charge in [-0.1, -0.05) is 29.3 Å². The smallest absolute Gasteiger partial charge is 0.319 e. The number of carbonyl (C=O) groups is 1. The van der Waals surface area contributed by atoms with E-state index in [-0.39, 0.29) is 17.5 Å². The van der Waals surface area contributed by atoms with Crippen LogP contribution in [-0.2, 0) is 9.84 Å². The van der Waals surface area contributed by atoms with Crippen LogP contribution in [0.15, 0.2) is 18.2 Å². The number of rotatable bonds is 2. The molecule has 19 heavy (non-hydrogen) atoms. The normalized spacial score (nSPS) is 21.1. The molecule has 0 aliphatic carbocycles. The summed E-state index contributed by atoms with van der Waals surface area (Å²) >= 11 is 11.8. The number of nitrogens with one attached hydrogen (secondary N) is 2. The summed E-state index contributed by atoms with van der Waals surface area (Å²) in [5, 5.41) is 5.76. The maximum absolute atomic E-state index is 11.7. The zero-order valence-electron chi connectivity index (χ0n) is 9.82. The molecule has 0 aromatic heterocycles. The zero-order chi connectivity index (χ0) is 14.0. The second kappa shape index (κ2) is 5.56. The molecule has 104 valence electrons. The lowest BCUT2D eigenvalue weighted by Gasteiger charge is -2.13. The number of hydrogen-bond donors (Lipinski definition) is 2. The summed E-state index contributed by atoms with van der Waals surface area (Å²) in [5.41, 5.74) is 0.309. The van der Waals surface area contributed by atoms with Crippen molar-refractivity contribution in [1.82, 2.24) is 5.32 Å². The van der Waals surface area contributed by atoms with Crippen LogP contribution in [0.4, 0.5) is 10.5 Å². The minimum atomic E-state index is -3.02. The van der Waals surface area contributed by atoms with Gasteiger partial charge in [0.2, 0.25) is 0 Å². The summed E-state index contributed by atoms with van der Waals surface area (Å²) in [7, 11) is -3.02. The van der Waals surface area contributed by atoms with Gasteiger partial charge in [0.1, 0.15) is 0 Å². The highest BCUT2D eigenvalue weighted by Crippen LogP contribution is 2.29. The fraction of sp³-hybridized carbons (Fsp3) is 0.364. The summed E-state index contributed by atoms with van der Waals surface area (Å²) in [6, 6.07) is 3.98. The number of hydrogen-bond acceptors (Lipinski definition) is 3. The van der Waals surface area contributed by atoms with Crippen LogP contribution in [0.25, 0.3) is 0 Å². The Kier molecular flexibility index (Phi) is 4.23. The molecule has 0 spiro atoms. The van der Waals surface area contributed by atoms with Crippen LogP contribution >= 0.6 is 23.2 Å². The number of urea groups is 1. The van der Waals surface area contributed by atoms with Crippen molar-refractivity contribution in [3.63, 3.8) is 0 Å². The topological polar surface area (TPSA) is 75.3 Å². The SMILES string of the molecule is O=C(Nc1c(Cl)cccc1Cl)NC1CCS(=O)(=O)C1. The number of anilines is 1. The lowest BCUT2D eigenvalue weighted by molar-refractivity contribution is 0.249. The molecule has 1 aliphatic heterocycles. The van der Waals surface area contributed by atoms with Gasteiger partial charge in [-0.3, -0.25) is 0 Å². The van der Waals surface area contributed by atoms with Crippen LogP contribution in [0.3, 0.4) is 0 Å². The first-order valence-electron chi connectivity index (χ1n) is 5.59. The van der Waals surface area contributed by atoms with E-state index in [0.717, 1.165) is 0 Å². The van der Waals surface area contributed by atoms with E-state index in [1.165, 1.54) is 0 Å². The number of carbonyl (C=O) groups excluding carboxylic acids is 1. The van der Waals surface area contributed by atoms with E-state index in [1.807, 2.05) is 0 Å². The summed E-state index contributed by atoms with van der Waals surface area (Å²) in [6.07, 6.45) is 0.423. The number of sulfone groups is 1. The molecule has 1 aliphatic rings. The Bertz CT molecular complexity index is 584. The van der Waals surface area contributed by atoms with Crippen molar-refractivity contribution < 1.29 is 13.2 Å². The quantitative estimate of drug-likeness (QED) is 0.877. The van der Waals surface area contributed by atoms with Gasteiger partial charge in [0.05, 0.1) is 27.2 Å². The van der Waals surface area contributed by atoms with Crippen LogP contribution in [0.1, 0.15) is 6.42 Å². The number of amides is 2. The first-order chi connectivity index (χ1) is 8.87. The van der Waals surface area contributed by atoms with Crippen molar-refractivity contribution in [2.75, 3.05) is 16.8 Å². The van der Waals surface area contributed by atoms with Gasteiger partial charge in [-0.15, -0.1) is 0 Å². The molecule has 2 amide bonds. The third-order valence-corrected chi connectivity index (χ3v) is 5.17. The Morgan fingerprint density at radius 2 is 1.89 bits per heavy atom. The van der Waals surface area contributed by atoms with E-state index in [0.29, 0.717) is 22.2 Å². The largest absolute Gasteiger partial charge is 0.334 e. The fourth-order valence-electron chi connectivity index (χ4n) is 1.86. The van der Waals surface area contributed by atoms with E-state index in [4.69, 9.17) is 23.2 Å². The highest BCUT2D eigenvalue weighted by atomic mass is 35.5. The van der Waals surface area contributed by atoms with Crippen molar-refractivity contribution >= 4 is 44.8 Å². The van der Waals surface area contributed by atoms with Crippen LogP contribution in [0.5, 0.6) is 0 Å². The monoisotopic (exact) mass is 322 g/mol. The molecule has 1 aromatic carbocycles. The van der Waals surface area contributed by atoms with E-state index in [9.17, 15) is 13.2 Å². The molecule has 1 aromatic rings. The van der Waals surface area contributed by atoms with Gasteiger partial charge in [-0.05, 0) is 18.6 Å². The summed E-state index contributed by atoms with van der Waals surface area (Å²) in [5.74, 6) is 0.0709. The van der Waals surface area contributed by atoms with Gasteiger partial charge in [0.15, 0.2) is 9.84 Å². The predicted molar refractivity (Wildman–Crippen MR) is 75.7 cm³/mol. The van der Waals surface area contributed by atoms with Gasteiger partial charge in [0, 0.05) is 6.04 Å². The van der Waals surface area contributed by atoms with E-state index in [1.54, 1.807) is 18.2 Å². The van der Waals surface area contributed by atoms with Crippen molar-refractivity contribution in [3.05, 3.63) is 28.2 Å². The summed E-state index contributed by atoms with van der Waals surface area (Å²) < 4.78 is 22.6. The Morgan fingerprint density at radius 3 is 2.42 bits per heavy atom. The second-order valence-electron chi connectivity index (χ2n) is 4.30. The molecule has 0 radical (unpaired) electrons. The standard InChI is InChI=1S/C11H12Cl2N2O3S/c12-8-2-1-3-9(13)10(8)15-11(16)14-7-4-5-19(17,18)6-7/h1-3,7H,4-6H2,(H2,14,15,16). The summed E-state index contributed by atoms with van der Waals surface area (Å²) in [6.45, 7) is 0. The first kappa shape index (κ1) is 14.4. The van der Waals surface area contributed by atoms with Crippen molar-refractivity contribution in [2.24, 2.45) is 0 Å². The minimum absolute atomic E-state index is 0.0311. The van der Waals surface area contributed by atoms with Crippen molar-refractivity contribution in [3.8, 4) is 0 Å². The molecule has 8 heteroatoms. The van der Waals surface area contributed by atoms with E-state index >= 15 is 0 Å². The first-order valence-corrected chi connectivity index (χ1v) is 8.17. The van der Waals surface area contributed by atoms with Gasteiger partial charge < -0.3 is 10.6 Å². The Balaban J connectivity index is 1.99. The molecule has 0 bridgehead atoms. The second-order valence-corrected chi connectivity index (χ2v) is 7.34. The maximum atomic E-state index is 11.7. The zero-order valence-corrected chi connectivity index (χ0v) is 12.1. The molecule has 1 heterocycles. The average molecular weight is 323 g/mol. The molecular weight excluding hydrogens is 311 g/mol. The molecule has 2 rings (SSSR count). The lowest BCUT2D eigenvalue weighted by atomic mass is 10.3. The fourth-order valence-corrected chi connectivity index (χ4v) is 4.03. The highest BCUT2D eigenvalue weighted by Gasteiger charge is 2.29. The van der Waals surface area contributed by atoms with Gasteiger partial charge in [0.25, 0.3) is 0 Å².